The van der Waals surface area contributed by atoms with Crippen LogP contribution in [0.5, 0.6) is 0 Å². The van der Waals surface area contributed by atoms with Gasteiger partial charge in [-0.2, -0.15) is 0 Å². The molecule has 0 N–H and O–H groups in total. The lowest BCUT2D eigenvalue weighted by Crippen LogP contribution is -2.62. The number of hydrogen-bond donors (Lipinski definition) is 0. The zero-order chi connectivity index (χ0) is 16.2. The number of pyridine rings is 1. The van der Waals surface area contributed by atoms with Gasteiger partial charge in [0.25, 0.3) is 0 Å². The van der Waals surface area contributed by atoms with Gasteiger partial charge in [-0.25, -0.2) is 9.78 Å². The Morgan fingerprint density at radius 1 is 1.43 bits per heavy atom. The highest BCUT2D eigenvalue weighted by molar-refractivity contribution is 5.90. The van der Waals surface area contributed by atoms with Crippen LogP contribution < -0.4 is 4.90 Å². The average molecular weight is 319 g/mol. The van der Waals surface area contributed by atoms with Crippen molar-refractivity contribution in [3.05, 3.63) is 23.9 Å². The van der Waals surface area contributed by atoms with Crippen LogP contribution in [0.15, 0.2) is 18.3 Å². The molecule has 1 aromatic heterocycles. The zero-order valence-electron chi connectivity index (χ0n) is 13.9. The summed E-state index contributed by atoms with van der Waals surface area (Å²) in [6.07, 6.45) is 4.04. The third-order valence-corrected chi connectivity index (χ3v) is 4.73. The highest BCUT2D eigenvalue weighted by Crippen LogP contribution is 2.24. The minimum absolute atomic E-state index is 0.323. The van der Waals surface area contributed by atoms with E-state index in [1.165, 1.54) is 20.0 Å². The fourth-order valence-electron chi connectivity index (χ4n) is 3.56. The van der Waals surface area contributed by atoms with Gasteiger partial charge in [0, 0.05) is 31.9 Å². The molecule has 2 aliphatic rings. The highest BCUT2D eigenvalue weighted by atomic mass is 16.5. The molecule has 0 radical (unpaired) electrons. The van der Waals surface area contributed by atoms with E-state index in [2.05, 4.69) is 21.7 Å². The van der Waals surface area contributed by atoms with E-state index in [9.17, 15) is 4.79 Å². The summed E-state index contributed by atoms with van der Waals surface area (Å²) in [4.78, 5) is 21.0. The third kappa shape index (κ3) is 3.48. The van der Waals surface area contributed by atoms with E-state index in [0.717, 1.165) is 38.7 Å². The summed E-state index contributed by atoms with van der Waals surface area (Å²) in [5, 5.41) is 0. The van der Waals surface area contributed by atoms with Crippen LogP contribution in [0.2, 0.25) is 0 Å². The van der Waals surface area contributed by atoms with Gasteiger partial charge in [-0.1, -0.05) is 13.3 Å². The van der Waals surface area contributed by atoms with Crippen molar-refractivity contribution >= 4 is 11.8 Å². The van der Waals surface area contributed by atoms with Crippen molar-refractivity contribution in [3.8, 4) is 0 Å². The van der Waals surface area contributed by atoms with Crippen molar-refractivity contribution < 1.29 is 14.3 Å². The lowest BCUT2D eigenvalue weighted by Gasteiger charge is -2.48. The fraction of sp³-hybridized carbons (Fsp3) is 0.647. The molecule has 6 nitrogen and oxygen atoms in total. The first-order chi connectivity index (χ1) is 11.2. The molecule has 6 heteroatoms. The number of anilines is 1. The molecule has 1 aromatic rings. The Labute approximate surface area is 137 Å². The number of carbonyl (C=O) groups excluding carboxylic acids is 1. The maximum atomic E-state index is 11.7. The predicted molar refractivity (Wildman–Crippen MR) is 87.8 cm³/mol. The molecule has 2 aliphatic heterocycles. The van der Waals surface area contributed by atoms with Gasteiger partial charge in [0.1, 0.15) is 5.82 Å². The van der Waals surface area contributed by atoms with Gasteiger partial charge >= 0.3 is 5.97 Å². The van der Waals surface area contributed by atoms with Crippen LogP contribution >= 0.6 is 0 Å². The van der Waals surface area contributed by atoms with E-state index in [4.69, 9.17) is 9.47 Å². The molecule has 2 atom stereocenters. The first-order valence-electron chi connectivity index (χ1n) is 8.35. The van der Waals surface area contributed by atoms with Gasteiger partial charge in [0.15, 0.2) is 0 Å². The summed E-state index contributed by atoms with van der Waals surface area (Å²) in [5.41, 5.74) is 0.545. The molecule has 0 spiro atoms. The smallest absolute Gasteiger partial charge is 0.338 e. The number of methoxy groups -OCH3 is 1. The molecular formula is C17H25N3O3. The molecule has 3 rings (SSSR count). The first-order valence-corrected chi connectivity index (χ1v) is 8.35. The quantitative estimate of drug-likeness (QED) is 0.785. The molecule has 0 amide bonds. The lowest BCUT2D eigenvalue weighted by molar-refractivity contribution is -0.0558. The molecule has 23 heavy (non-hydrogen) atoms. The number of rotatable bonds is 4. The van der Waals surface area contributed by atoms with Gasteiger partial charge in [-0.15, -0.1) is 0 Å². The number of piperazine rings is 1. The number of carbonyl (C=O) groups is 1. The van der Waals surface area contributed by atoms with Crippen LogP contribution in [-0.2, 0) is 9.47 Å². The first kappa shape index (κ1) is 16.2. The van der Waals surface area contributed by atoms with Crippen molar-refractivity contribution in [2.75, 3.05) is 44.9 Å². The number of hydrogen-bond acceptors (Lipinski definition) is 6. The van der Waals surface area contributed by atoms with Crippen LogP contribution in [0.1, 0.15) is 30.1 Å². The van der Waals surface area contributed by atoms with E-state index in [0.29, 0.717) is 17.6 Å². The summed E-state index contributed by atoms with van der Waals surface area (Å²) in [6.45, 7) is 6.67. The Balaban J connectivity index is 1.71. The van der Waals surface area contributed by atoms with Gasteiger partial charge in [-0.3, -0.25) is 4.90 Å². The van der Waals surface area contributed by atoms with Crippen LogP contribution in [0.25, 0.3) is 0 Å². The van der Waals surface area contributed by atoms with E-state index in [1.807, 2.05) is 6.07 Å². The molecule has 126 valence electrons. The van der Waals surface area contributed by atoms with Crippen LogP contribution in [0, 0.1) is 0 Å². The second-order valence-corrected chi connectivity index (χ2v) is 6.21. The Hall–Kier alpha value is -1.66. The Bertz CT molecular complexity index is 550. The molecule has 0 bridgehead atoms. The van der Waals surface area contributed by atoms with Gasteiger partial charge in [0.05, 0.1) is 31.9 Å². The number of nitrogens with zero attached hydrogens (tertiary/aromatic N) is 3. The van der Waals surface area contributed by atoms with Gasteiger partial charge in [-0.05, 0) is 18.6 Å². The zero-order valence-corrected chi connectivity index (χ0v) is 13.9. The highest BCUT2D eigenvalue weighted by Gasteiger charge is 2.35. The number of esters is 1. The second-order valence-electron chi connectivity index (χ2n) is 6.21. The van der Waals surface area contributed by atoms with E-state index in [1.54, 1.807) is 12.3 Å². The largest absolute Gasteiger partial charge is 0.465 e. The molecule has 2 saturated heterocycles. The predicted octanol–water partition coefficient (Wildman–Crippen LogP) is 1.56. The number of morpholine rings is 1. The minimum Gasteiger partial charge on any atom is -0.465 e. The number of ether oxygens (including phenoxy) is 2. The van der Waals surface area contributed by atoms with E-state index < -0.39 is 0 Å². The minimum atomic E-state index is -0.323. The van der Waals surface area contributed by atoms with Crippen molar-refractivity contribution in [2.24, 2.45) is 0 Å². The van der Waals surface area contributed by atoms with Crippen molar-refractivity contribution in [3.63, 3.8) is 0 Å². The Morgan fingerprint density at radius 3 is 3.09 bits per heavy atom. The summed E-state index contributed by atoms with van der Waals surface area (Å²) in [7, 11) is 1.40. The van der Waals surface area contributed by atoms with Crippen LogP contribution in [0.3, 0.4) is 0 Å². The SMILES string of the molecule is CCC[C@H]1COC[C@H]2CN(c3cc(C(=O)OC)ccn3)CCN12. The molecular weight excluding hydrogens is 294 g/mol. The molecule has 2 fully saturated rings. The van der Waals surface area contributed by atoms with Crippen molar-refractivity contribution in [2.45, 2.75) is 31.8 Å². The molecule has 0 saturated carbocycles. The topological polar surface area (TPSA) is 54.9 Å². The Kier molecular flexibility index (Phi) is 5.13. The molecule has 0 aromatic carbocycles. The van der Waals surface area contributed by atoms with Crippen LogP contribution in [-0.4, -0.2) is 67.9 Å². The maximum Gasteiger partial charge on any atom is 0.338 e. The van der Waals surface area contributed by atoms with Gasteiger partial charge in [0.2, 0.25) is 0 Å². The number of aromatic nitrogens is 1. The summed E-state index contributed by atoms with van der Waals surface area (Å²) in [5.74, 6) is 0.515. The molecule has 0 aliphatic carbocycles. The maximum absolute atomic E-state index is 11.7. The van der Waals surface area contributed by atoms with Crippen LogP contribution in [0.4, 0.5) is 5.82 Å². The fourth-order valence-corrected chi connectivity index (χ4v) is 3.56. The van der Waals surface area contributed by atoms with Crippen molar-refractivity contribution in [1.29, 1.82) is 0 Å². The monoisotopic (exact) mass is 319 g/mol. The van der Waals surface area contributed by atoms with E-state index >= 15 is 0 Å². The second kappa shape index (κ2) is 7.27. The molecule has 0 unspecified atom stereocenters. The molecule has 3 heterocycles. The standard InChI is InChI=1S/C17H25N3O3/c1-3-4-14-11-23-12-15-10-19(7-8-20(14)15)16-9-13(5-6-18-16)17(21)22-2/h5-6,9,14-15H,3-4,7-8,10-12H2,1-2H3/t14-,15+/m0/s1. The summed E-state index contributed by atoms with van der Waals surface area (Å²) < 4.78 is 10.6. The van der Waals surface area contributed by atoms with Gasteiger partial charge < -0.3 is 14.4 Å². The average Bonchev–Trinajstić information content (AvgIpc) is 2.61. The van der Waals surface area contributed by atoms with Crippen molar-refractivity contribution in [1.82, 2.24) is 9.88 Å². The number of fused-ring (bicyclic) bond motifs is 1. The third-order valence-electron chi connectivity index (χ3n) is 4.73. The summed E-state index contributed by atoms with van der Waals surface area (Å²) >= 11 is 0. The normalized spacial score (nSPS) is 25.0. The Morgan fingerprint density at radius 2 is 2.30 bits per heavy atom. The summed E-state index contributed by atoms with van der Waals surface area (Å²) in [6, 6.07) is 4.44. The van der Waals surface area contributed by atoms with E-state index in [-0.39, 0.29) is 5.97 Å². The lowest BCUT2D eigenvalue weighted by atomic mass is 10.0.